The van der Waals surface area contributed by atoms with Gasteiger partial charge in [0.15, 0.2) is 6.20 Å². The molecular weight excluding hydrogens is 432 g/mol. The van der Waals surface area contributed by atoms with Gasteiger partial charge in [0.2, 0.25) is 5.69 Å². The largest absolute Gasteiger partial charge is 0.662 e. The maximum absolute atomic E-state index is 4.82. The number of hydrogen-bond donors (Lipinski definition) is 0. The zero-order valence-corrected chi connectivity index (χ0v) is 21.5. The Bertz CT molecular complexity index is 1630. The summed E-state index contributed by atoms with van der Waals surface area (Å²) < 4.78 is 3.22. The van der Waals surface area contributed by atoms with Crippen LogP contribution in [0.15, 0.2) is 60.1 Å². The van der Waals surface area contributed by atoms with E-state index in [9.17, 15) is 0 Å². The fraction of sp³-hybridized carbons (Fsp3) is 0.258. The Balaban J connectivity index is 1.71. The molecule has 0 spiro atoms. The molecule has 34 heavy (non-hydrogen) atoms. The van der Waals surface area contributed by atoms with Gasteiger partial charge in [-0.2, -0.15) is 10.4 Å². The molecule has 0 saturated heterocycles. The summed E-state index contributed by atoms with van der Waals surface area (Å²) in [7, 11) is 0. The normalized spacial score (nSPS) is 15.0. The average molecular weight is 465 g/mol. The van der Waals surface area contributed by atoms with Gasteiger partial charge in [-0.3, -0.25) is 0 Å². The third-order valence-electron chi connectivity index (χ3n) is 6.47. The van der Waals surface area contributed by atoms with Crippen molar-refractivity contribution in [2.24, 2.45) is 5.92 Å². The molecule has 3 heterocycles. The van der Waals surface area contributed by atoms with Crippen LogP contribution in [0.4, 0.5) is 0 Å². The molecule has 1 aliphatic rings. The first-order chi connectivity index (χ1) is 16.2. The van der Waals surface area contributed by atoms with E-state index in [2.05, 4.69) is 101 Å². The van der Waals surface area contributed by atoms with E-state index in [4.69, 9.17) is 5.32 Å². The van der Waals surface area contributed by atoms with Crippen molar-refractivity contribution in [1.82, 2.24) is 0 Å². The van der Waals surface area contributed by atoms with Gasteiger partial charge >= 0.3 is 0 Å². The highest BCUT2D eigenvalue weighted by atomic mass is 32.1. The number of hydrogen-bond acceptors (Lipinski definition) is 1. The smallest absolute Gasteiger partial charge is 0.217 e. The van der Waals surface area contributed by atoms with Gasteiger partial charge in [-0.1, -0.05) is 65.0 Å². The van der Waals surface area contributed by atoms with Crippen molar-refractivity contribution >= 4 is 40.1 Å². The van der Waals surface area contributed by atoms with E-state index in [0.29, 0.717) is 5.92 Å². The number of aromatic nitrogens is 1. The van der Waals surface area contributed by atoms with Crippen LogP contribution < -0.4 is 19.2 Å². The molecule has 0 amide bonds. The van der Waals surface area contributed by atoms with E-state index in [1.54, 1.807) is 11.3 Å². The molecule has 0 unspecified atom stereocenters. The SMILES string of the molecule is C=[n+]1ccc(=C2C=c3c(CC(C)C)csc3=C[N-]2)cc1-c1cc(C(C)(C)C)c2ccccc2c1. The van der Waals surface area contributed by atoms with Crippen molar-refractivity contribution in [2.45, 2.75) is 46.5 Å². The monoisotopic (exact) mass is 464 g/mol. The zero-order valence-electron chi connectivity index (χ0n) is 20.7. The Kier molecular flexibility index (Phi) is 5.69. The summed E-state index contributed by atoms with van der Waals surface area (Å²) in [6, 6.07) is 17.6. The molecule has 3 heteroatoms. The lowest BCUT2D eigenvalue weighted by atomic mass is 9.82. The standard InChI is InChI=1S/C31H32N2S/c1-20(2)13-24-19-34-30-18-32-28(17-26(24)30)22-11-12-33(6)29(16-22)23-14-21-9-7-8-10-25(21)27(15-23)31(3,4)5/h7-12,14-20H,6,13H2,1-5H3. The first-order valence-corrected chi connectivity index (χ1v) is 12.9. The molecule has 172 valence electrons. The lowest BCUT2D eigenvalue weighted by molar-refractivity contribution is -0.486. The highest BCUT2D eigenvalue weighted by Crippen LogP contribution is 2.33. The minimum absolute atomic E-state index is 0.0393. The number of pyridine rings is 1. The van der Waals surface area contributed by atoms with Crippen molar-refractivity contribution < 1.29 is 4.24 Å². The van der Waals surface area contributed by atoms with Crippen LogP contribution in [-0.4, -0.2) is 0 Å². The van der Waals surface area contributed by atoms with E-state index < -0.39 is 0 Å². The van der Waals surface area contributed by atoms with E-state index in [0.717, 1.165) is 23.0 Å². The Hall–Kier alpha value is -3.17. The second-order valence-corrected chi connectivity index (χ2v) is 11.6. The van der Waals surface area contributed by atoms with Gasteiger partial charge in [0.1, 0.15) is 6.72 Å². The van der Waals surface area contributed by atoms with Crippen molar-refractivity contribution in [2.75, 3.05) is 0 Å². The van der Waals surface area contributed by atoms with Gasteiger partial charge in [0, 0.05) is 22.2 Å². The Morgan fingerprint density at radius 1 is 1.06 bits per heavy atom. The molecule has 5 rings (SSSR count). The van der Waals surface area contributed by atoms with Gasteiger partial charge in [0.25, 0.3) is 0 Å². The quantitative estimate of drug-likeness (QED) is 0.346. The highest BCUT2D eigenvalue weighted by Gasteiger charge is 2.20. The van der Waals surface area contributed by atoms with Crippen LogP contribution in [0, 0.1) is 12.6 Å². The van der Waals surface area contributed by atoms with Crippen LogP contribution >= 0.6 is 11.3 Å². The van der Waals surface area contributed by atoms with Crippen molar-refractivity contribution in [3.8, 4) is 11.3 Å². The maximum atomic E-state index is 4.82. The molecule has 1 aliphatic heterocycles. The molecule has 2 aromatic carbocycles. The number of thiophene rings is 1. The van der Waals surface area contributed by atoms with Gasteiger partial charge < -0.3 is 5.32 Å². The number of fused-ring (bicyclic) bond motifs is 2. The van der Waals surface area contributed by atoms with E-state index in [1.165, 1.54) is 37.2 Å². The number of nitrogens with zero attached hydrogens (tertiary/aromatic N) is 2. The molecule has 0 N–H and O–H groups in total. The number of benzene rings is 2. The third-order valence-corrected chi connectivity index (χ3v) is 7.45. The minimum Gasteiger partial charge on any atom is -0.662 e. The van der Waals surface area contributed by atoms with Crippen molar-refractivity contribution in [3.63, 3.8) is 0 Å². The minimum atomic E-state index is 0.0393. The molecule has 0 radical (unpaired) electrons. The molecule has 2 aromatic heterocycles. The first kappa shape index (κ1) is 22.6. The third kappa shape index (κ3) is 4.21. The fourth-order valence-corrected chi connectivity index (χ4v) is 5.68. The zero-order chi connectivity index (χ0) is 24.0. The lowest BCUT2D eigenvalue weighted by Crippen LogP contribution is -2.27. The van der Waals surface area contributed by atoms with Crippen LogP contribution in [0.5, 0.6) is 0 Å². The van der Waals surface area contributed by atoms with Gasteiger partial charge in [0.05, 0.1) is 0 Å². The van der Waals surface area contributed by atoms with Crippen molar-refractivity contribution in [3.05, 3.63) is 98.2 Å². The van der Waals surface area contributed by atoms with Crippen molar-refractivity contribution in [1.29, 1.82) is 0 Å². The maximum Gasteiger partial charge on any atom is 0.217 e. The van der Waals surface area contributed by atoms with Crippen LogP contribution in [0.1, 0.15) is 45.7 Å². The summed E-state index contributed by atoms with van der Waals surface area (Å²) in [4.78, 5) is 0. The van der Waals surface area contributed by atoms with Crippen LogP contribution in [0.3, 0.4) is 0 Å². The summed E-state index contributed by atoms with van der Waals surface area (Å²) in [5, 5.41) is 12.1. The summed E-state index contributed by atoms with van der Waals surface area (Å²) in [6.45, 7) is 15.7. The number of rotatable bonds is 3. The molecule has 0 fully saturated rings. The second kappa shape index (κ2) is 8.56. The van der Waals surface area contributed by atoms with Gasteiger partial charge in [-0.25, -0.2) is 0 Å². The van der Waals surface area contributed by atoms with Crippen LogP contribution in [-0.2, 0) is 11.8 Å². The predicted octanol–water partition coefficient (Wildman–Crippen LogP) is 5.71. The van der Waals surface area contributed by atoms with Crippen LogP contribution in [0.25, 0.3) is 45.3 Å². The summed E-state index contributed by atoms with van der Waals surface area (Å²) >= 11 is 1.79. The topological polar surface area (TPSA) is 20.0 Å². The molecule has 2 nitrogen and oxygen atoms in total. The summed E-state index contributed by atoms with van der Waals surface area (Å²) in [6.07, 6.45) is 7.43. The molecule has 0 atom stereocenters. The van der Waals surface area contributed by atoms with E-state index in [1.807, 2.05) is 16.6 Å². The molecule has 0 aliphatic carbocycles. The molecule has 0 saturated carbocycles. The lowest BCUT2D eigenvalue weighted by Gasteiger charge is -2.22. The van der Waals surface area contributed by atoms with Gasteiger partial charge in [-0.15, -0.1) is 17.0 Å². The Morgan fingerprint density at radius 3 is 2.62 bits per heavy atom. The molecular formula is C31H32N2S. The fourth-order valence-electron chi connectivity index (χ4n) is 4.76. The predicted molar refractivity (Wildman–Crippen MR) is 146 cm³/mol. The van der Waals surface area contributed by atoms with Crippen LogP contribution in [0.2, 0.25) is 0 Å². The van der Waals surface area contributed by atoms with E-state index in [-0.39, 0.29) is 5.41 Å². The highest BCUT2D eigenvalue weighted by molar-refractivity contribution is 7.07. The van der Waals surface area contributed by atoms with Gasteiger partial charge in [-0.05, 0) is 67.6 Å². The average Bonchev–Trinajstić information content (AvgIpc) is 3.19. The Morgan fingerprint density at radius 2 is 1.85 bits per heavy atom. The molecule has 0 bridgehead atoms. The second-order valence-electron chi connectivity index (χ2n) is 10.7. The summed E-state index contributed by atoms with van der Waals surface area (Å²) in [5.41, 5.74) is 6.08. The first-order valence-electron chi connectivity index (χ1n) is 12.0. The Labute approximate surface area is 205 Å². The van der Waals surface area contributed by atoms with E-state index >= 15 is 0 Å². The summed E-state index contributed by atoms with van der Waals surface area (Å²) in [5.74, 6) is 0.632. The molecule has 4 aromatic rings.